The number of carbonyl (C=O) groups is 1. The van der Waals surface area contributed by atoms with Crippen LogP contribution in [0.25, 0.3) is 0 Å². The third-order valence-corrected chi connectivity index (χ3v) is 3.71. The lowest BCUT2D eigenvalue weighted by atomic mass is 10.1. The molecule has 0 atom stereocenters. The van der Waals surface area contributed by atoms with Gasteiger partial charge in [-0.25, -0.2) is 4.98 Å². The number of para-hydroxylation sites is 1. The van der Waals surface area contributed by atoms with Gasteiger partial charge in [-0.3, -0.25) is 4.79 Å². The molecule has 0 aliphatic heterocycles. The molecule has 0 saturated carbocycles. The van der Waals surface area contributed by atoms with Crippen LogP contribution in [0, 0.1) is 19.3 Å². The van der Waals surface area contributed by atoms with Crippen molar-refractivity contribution in [3.63, 3.8) is 0 Å². The number of benzene rings is 1. The third kappa shape index (κ3) is 4.33. The van der Waals surface area contributed by atoms with E-state index in [4.69, 9.17) is 6.42 Å². The van der Waals surface area contributed by atoms with Crippen molar-refractivity contribution in [3.05, 3.63) is 45.9 Å². The van der Waals surface area contributed by atoms with Crippen LogP contribution in [-0.2, 0) is 6.42 Å². The van der Waals surface area contributed by atoms with E-state index in [9.17, 15) is 4.79 Å². The van der Waals surface area contributed by atoms with Gasteiger partial charge >= 0.3 is 0 Å². The van der Waals surface area contributed by atoms with E-state index in [1.807, 2.05) is 25.1 Å². The highest BCUT2D eigenvalue weighted by atomic mass is 32.1. The van der Waals surface area contributed by atoms with E-state index in [1.54, 1.807) is 17.4 Å². The minimum Gasteiger partial charge on any atom is -0.384 e. The van der Waals surface area contributed by atoms with Crippen LogP contribution in [0.1, 0.15) is 21.1 Å². The van der Waals surface area contributed by atoms with Gasteiger partial charge in [-0.15, -0.1) is 17.8 Å². The number of nitrogens with zero attached hydrogens (tertiary/aromatic N) is 1. The molecule has 0 radical (unpaired) electrons. The van der Waals surface area contributed by atoms with E-state index in [2.05, 4.69) is 26.9 Å². The first-order valence-electron chi connectivity index (χ1n) is 6.66. The topological polar surface area (TPSA) is 54.0 Å². The van der Waals surface area contributed by atoms with Gasteiger partial charge in [0.25, 0.3) is 5.91 Å². The van der Waals surface area contributed by atoms with Crippen LogP contribution in [0.3, 0.4) is 0 Å². The number of rotatable bonds is 6. The van der Waals surface area contributed by atoms with Crippen molar-refractivity contribution in [2.75, 3.05) is 18.4 Å². The molecular weight excluding hydrogens is 282 g/mol. The van der Waals surface area contributed by atoms with Crippen molar-refractivity contribution in [2.45, 2.75) is 13.3 Å². The van der Waals surface area contributed by atoms with Crippen molar-refractivity contribution in [3.8, 4) is 12.3 Å². The molecular formula is C16H17N3OS. The summed E-state index contributed by atoms with van der Waals surface area (Å²) >= 11 is 1.65. The zero-order chi connectivity index (χ0) is 15.1. The Balaban J connectivity index is 1.96. The molecule has 2 rings (SSSR count). The second kappa shape index (κ2) is 7.46. The first-order chi connectivity index (χ1) is 10.2. The highest BCUT2D eigenvalue weighted by Gasteiger charge is 2.09. The summed E-state index contributed by atoms with van der Waals surface area (Å²) in [6.45, 7) is 2.95. The summed E-state index contributed by atoms with van der Waals surface area (Å²) in [4.78, 5) is 16.4. The van der Waals surface area contributed by atoms with Crippen molar-refractivity contribution < 1.29 is 4.79 Å². The van der Waals surface area contributed by atoms with E-state index in [0.29, 0.717) is 5.56 Å². The normalized spacial score (nSPS) is 9.90. The molecule has 0 fully saturated rings. The molecule has 2 N–H and O–H groups in total. The van der Waals surface area contributed by atoms with Crippen LogP contribution in [0.5, 0.6) is 0 Å². The number of aryl methyl sites for hydroxylation is 1. The summed E-state index contributed by atoms with van der Waals surface area (Å²) in [7, 11) is 0. The smallest absolute Gasteiger partial charge is 0.254 e. The molecule has 0 bridgehead atoms. The average molecular weight is 299 g/mol. The molecule has 21 heavy (non-hydrogen) atoms. The predicted molar refractivity (Wildman–Crippen MR) is 86.7 cm³/mol. The Morgan fingerprint density at radius 1 is 1.43 bits per heavy atom. The van der Waals surface area contributed by atoms with Gasteiger partial charge in [-0.05, 0) is 19.1 Å². The molecule has 0 aliphatic rings. The number of nitrogens with one attached hydrogen (secondary N) is 2. The molecule has 0 aliphatic carbocycles. The van der Waals surface area contributed by atoms with E-state index >= 15 is 0 Å². The summed E-state index contributed by atoms with van der Waals surface area (Å²) in [6, 6.07) is 7.39. The number of terminal acetylenes is 1. The maximum Gasteiger partial charge on any atom is 0.254 e. The lowest BCUT2D eigenvalue weighted by Crippen LogP contribution is -2.24. The van der Waals surface area contributed by atoms with Crippen molar-refractivity contribution in [1.82, 2.24) is 10.3 Å². The number of aromatic nitrogens is 1. The summed E-state index contributed by atoms with van der Waals surface area (Å²) in [5.74, 6) is 2.23. The Kier molecular flexibility index (Phi) is 5.35. The van der Waals surface area contributed by atoms with E-state index in [0.717, 1.165) is 29.4 Å². The van der Waals surface area contributed by atoms with Crippen LogP contribution >= 0.6 is 11.3 Å². The van der Waals surface area contributed by atoms with Crippen molar-refractivity contribution in [2.24, 2.45) is 0 Å². The number of amides is 1. The Labute approximate surface area is 128 Å². The van der Waals surface area contributed by atoms with Crippen LogP contribution in [0.4, 0.5) is 5.69 Å². The summed E-state index contributed by atoms with van der Waals surface area (Å²) in [6.07, 6.45) is 5.98. The van der Waals surface area contributed by atoms with Gasteiger partial charge in [0.2, 0.25) is 0 Å². The number of thiazole rings is 1. The molecule has 2 aromatic rings. The molecule has 108 valence electrons. The average Bonchev–Trinajstić information content (AvgIpc) is 2.91. The second-order valence-electron chi connectivity index (χ2n) is 4.47. The third-order valence-electron chi connectivity index (χ3n) is 2.89. The van der Waals surface area contributed by atoms with Gasteiger partial charge in [0.05, 0.1) is 22.8 Å². The molecule has 5 heteroatoms. The number of hydrogen-bond acceptors (Lipinski definition) is 4. The van der Waals surface area contributed by atoms with Gasteiger partial charge < -0.3 is 10.6 Å². The van der Waals surface area contributed by atoms with Crippen molar-refractivity contribution >= 4 is 22.9 Å². The Bertz CT molecular complexity index is 658. The number of carbonyl (C=O) groups excluding carboxylic acids is 1. The molecule has 1 heterocycles. The maximum atomic E-state index is 12.0. The van der Waals surface area contributed by atoms with E-state index < -0.39 is 0 Å². The fourth-order valence-corrected chi connectivity index (χ4v) is 2.56. The molecule has 0 spiro atoms. The molecule has 1 amide bonds. The monoisotopic (exact) mass is 299 g/mol. The second-order valence-corrected chi connectivity index (χ2v) is 5.53. The van der Waals surface area contributed by atoms with Crippen LogP contribution in [0.15, 0.2) is 29.6 Å². The molecule has 4 nitrogen and oxygen atoms in total. The van der Waals surface area contributed by atoms with E-state index in [-0.39, 0.29) is 12.5 Å². The maximum absolute atomic E-state index is 12.0. The first kappa shape index (κ1) is 15.1. The van der Waals surface area contributed by atoms with Gasteiger partial charge in [0.1, 0.15) is 0 Å². The molecule has 0 saturated heterocycles. The van der Waals surface area contributed by atoms with Crippen molar-refractivity contribution in [1.29, 1.82) is 0 Å². The Morgan fingerprint density at radius 2 is 2.24 bits per heavy atom. The predicted octanol–water partition coefficient (Wildman–Crippen LogP) is 2.47. The minimum absolute atomic E-state index is 0.166. The zero-order valence-corrected chi connectivity index (χ0v) is 12.7. The van der Waals surface area contributed by atoms with E-state index in [1.165, 1.54) is 0 Å². The van der Waals surface area contributed by atoms with Crippen LogP contribution in [0.2, 0.25) is 0 Å². The SMILES string of the molecule is C#CCNC(=O)c1ccccc1NCCc1csc(C)n1. The number of anilines is 1. The molecule has 0 unspecified atom stereocenters. The fraction of sp³-hybridized carbons (Fsp3) is 0.250. The summed E-state index contributed by atoms with van der Waals surface area (Å²) < 4.78 is 0. The Morgan fingerprint density at radius 3 is 2.95 bits per heavy atom. The van der Waals surface area contributed by atoms with Gasteiger partial charge in [0.15, 0.2) is 0 Å². The quantitative estimate of drug-likeness (QED) is 0.806. The fourth-order valence-electron chi connectivity index (χ4n) is 1.91. The highest BCUT2D eigenvalue weighted by Crippen LogP contribution is 2.15. The first-order valence-corrected chi connectivity index (χ1v) is 7.54. The number of hydrogen-bond donors (Lipinski definition) is 2. The zero-order valence-electron chi connectivity index (χ0n) is 11.8. The highest BCUT2D eigenvalue weighted by molar-refractivity contribution is 7.09. The van der Waals surface area contributed by atoms with Gasteiger partial charge in [-0.1, -0.05) is 18.1 Å². The van der Waals surface area contributed by atoms with Crippen LogP contribution in [-0.4, -0.2) is 24.0 Å². The van der Waals surface area contributed by atoms with Gasteiger partial charge in [-0.2, -0.15) is 0 Å². The summed E-state index contributed by atoms with van der Waals surface area (Å²) in [5.41, 5.74) is 2.47. The Hall–Kier alpha value is -2.32. The lowest BCUT2D eigenvalue weighted by Gasteiger charge is -2.11. The van der Waals surface area contributed by atoms with Crippen LogP contribution < -0.4 is 10.6 Å². The standard InChI is InChI=1S/C16H17N3OS/c1-3-9-18-16(20)14-6-4-5-7-15(14)17-10-8-13-11-21-12(2)19-13/h1,4-7,11,17H,8-10H2,2H3,(H,18,20). The minimum atomic E-state index is -0.166. The van der Waals surface area contributed by atoms with Gasteiger partial charge in [0, 0.05) is 24.0 Å². The molecule has 1 aromatic carbocycles. The summed E-state index contributed by atoms with van der Waals surface area (Å²) in [5, 5.41) is 9.08. The lowest BCUT2D eigenvalue weighted by molar-refractivity contribution is 0.0959. The molecule has 1 aromatic heterocycles. The largest absolute Gasteiger partial charge is 0.384 e.